The van der Waals surface area contributed by atoms with Crippen molar-refractivity contribution in [1.29, 1.82) is 0 Å². The van der Waals surface area contributed by atoms with Crippen LogP contribution in [0.15, 0.2) is 0 Å². The zero-order valence-corrected chi connectivity index (χ0v) is 9.92. The second kappa shape index (κ2) is 6.38. The summed E-state index contributed by atoms with van der Waals surface area (Å²) in [7, 11) is 4.29. The Kier molecular flexibility index (Phi) is 5.45. The first-order valence-corrected chi connectivity index (χ1v) is 5.83. The van der Waals surface area contributed by atoms with Crippen LogP contribution in [0.3, 0.4) is 0 Å². The first kappa shape index (κ1) is 12.0. The van der Waals surface area contributed by atoms with Gasteiger partial charge in [-0.1, -0.05) is 6.92 Å². The van der Waals surface area contributed by atoms with Crippen molar-refractivity contribution in [1.82, 2.24) is 15.1 Å². The lowest BCUT2D eigenvalue weighted by Crippen LogP contribution is -2.38. The van der Waals surface area contributed by atoms with E-state index >= 15 is 0 Å². The lowest BCUT2D eigenvalue weighted by molar-refractivity contribution is 0.207. The van der Waals surface area contributed by atoms with E-state index in [0.717, 1.165) is 6.04 Å². The van der Waals surface area contributed by atoms with Crippen LogP contribution >= 0.6 is 0 Å². The standard InChI is InChI=1S/C11H25N3/c1-4-14(9-5-8-13(2)3)11-6-7-12-10-11/h11-12H,4-10H2,1-3H3. The molecule has 3 nitrogen and oxygen atoms in total. The molecule has 1 N–H and O–H groups in total. The lowest BCUT2D eigenvalue weighted by atomic mass is 10.2. The van der Waals surface area contributed by atoms with Crippen LogP contribution in [0.4, 0.5) is 0 Å². The maximum Gasteiger partial charge on any atom is 0.0232 e. The maximum atomic E-state index is 3.43. The Labute approximate surface area is 88.5 Å². The number of nitrogens with zero attached hydrogens (tertiary/aromatic N) is 2. The summed E-state index contributed by atoms with van der Waals surface area (Å²) in [6.07, 6.45) is 2.62. The van der Waals surface area contributed by atoms with Gasteiger partial charge >= 0.3 is 0 Å². The van der Waals surface area contributed by atoms with Gasteiger partial charge in [-0.15, -0.1) is 0 Å². The highest BCUT2D eigenvalue weighted by molar-refractivity contribution is 4.79. The fourth-order valence-electron chi connectivity index (χ4n) is 2.14. The van der Waals surface area contributed by atoms with E-state index in [9.17, 15) is 0 Å². The predicted molar refractivity (Wildman–Crippen MR) is 61.7 cm³/mol. The Balaban J connectivity index is 2.17. The van der Waals surface area contributed by atoms with Gasteiger partial charge in [-0.05, 0) is 53.1 Å². The number of likely N-dealkylation sites (N-methyl/N-ethyl adjacent to an activating group) is 1. The molecule has 0 saturated carbocycles. The van der Waals surface area contributed by atoms with E-state index in [4.69, 9.17) is 0 Å². The van der Waals surface area contributed by atoms with Crippen molar-refractivity contribution in [3.63, 3.8) is 0 Å². The van der Waals surface area contributed by atoms with E-state index in [1.54, 1.807) is 0 Å². The summed E-state index contributed by atoms with van der Waals surface area (Å²) in [5, 5.41) is 3.43. The number of rotatable bonds is 6. The summed E-state index contributed by atoms with van der Waals surface area (Å²) in [5.41, 5.74) is 0. The van der Waals surface area contributed by atoms with E-state index in [2.05, 4.69) is 36.1 Å². The van der Waals surface area contributed by atoms with Crippen molar-refractivity contribution in [3.05, 3.63) is 0 Å². The molecule has 1 rings (SSSR count). The summed E-state index contributed by atoms with van der Waals surface area (Å²) in [6, 6.07) is 0.794. The topological polar surface area (TPSA) is 18.5 Å². The quantitative estimate of drug-likeness (QED) is 0.676. The van der Waals surface area contributed by atoms with Crippen LogP contribution in [0.5, 0.6) is 0 Å². The summed E-state index contributed by atoms with van der Waals surface area (Å²) < 4.78 is 0. The maximum absolute atomic E-state index is 3.43. The summed E-state index contributed by atoms with van der Waals surface area (Å²) in [6.45, 7) is 8.32. The Bertz CT molecular complexity index is 141. The average Bonchev–Trinajstić information content (AvgIpc) is 2.64. The second-order valence-electron chi connectivity index (χ2n) is 4.43. The van der Waals surface area contributed by atoms with Gasteiger partial charge in [-0.2, -0.15) is 0 Å². The van der Waals surface area contributed by atoms with Gasteiger partial charge in [-0.3, -0.25) is 4.90 Å². The van der Waals surface area contributed by atoms with Crippen LogP contribution < -0.4 is 5.32 Å². The fraction of sp³-hybridized carbons (Fsp3) is 1.00. The van der Waals surface area contributed by atoms with Crippen LogP contribution in [0.1, 0.15) is 19.8 Å². The van der Waals surface area contributed by atoms with E-state index in [1.807, 2.05) is 0 Å². The van der Waals surface area contributed by atoms with Gasteiger partial charge < -0.3 is 10.2 Å². The largest absolute Gasteiger partial charge is 0.315 e. The predicted octanol–water partition coefficient (Wildman–Crippen LogP) is 0.622. The highest BCUT2D eigenvalue weighted by Gasteiger charge is 2.20. The van der Waals surface area contributed by atoms with Crippen LogP contribution in [-0.2, 0) is 0 Å². The van der Waals surface area contributed by atoms with Crippen molar-refractivity contribution in [2.45, 2.75) is 25.8 Å². The van der Waals surface area contributed by atoms with Gasteiger partial charge in [0.1, 0.15) is 0 Å². The Morgan fingerprint density at radius 1 is 1.29 bits per heavy atom. The van der Waals surface area contributed by atoms with Crippen LogP contribution in [0.25, 0.3) is 0 Å². The Morgan fingerprint density at radius 3 is 2.57 bits per heavy atom. The molecule has 0 radical (unpaired) electrons. The first-order valence-electron chi connectivity index (χ1n) is 5.83. The molecule has 0 aromatic rings. The summed E-state index contributed by atoms with van der Waals surface area (Å²) in [5.74, 6) is 0. The zero-order valence-electron chi connectivity index (χ0n) is 9.92. The van der Waals surface area contributed by atoms with Crippen LogP contribution in [0.2, 0.25) is 0 Å². The minimum Gasteiger partial charge on any atom is -0.315 e. The molecule has 1 aliphatic heterocycles. The molecule has 0 aromatic heterocycles. The van der Waals surface area contributed by atoms with Crippen LogP contribution in [0, 0.1) is 0 Å². The van der Waals surface area contributed by atoms with Crippen molar-refractivity contribution in [2.75, 3.05) is 46.8 Å². The normalized spacial score (nSPS) is 22.5. The van der Waals surface area contributed by atoms with Gasteiger partial charge in [0.05, 0.1) is 0 Å². The molecule has 1 saturated heterocycles. The van der Waals surface area contributed by atoms with Crippen LogP contribution in [-0.4, -0.2) is 62.7 Å². The third kappa shape index (κ3) is 3.95. The summed E-state index contributed by atoms with van der Waals surface area (Å²) in [4.78, 5) is 4.88. The van der Waals surface area contributed by atoms with Crippen molar-refractivity contribution in [2.24, 2.45) is 0 Å². The molecule has 0 aromatic carbocycles. The Morgan fingerprint density at radius 2 is 2.07 bits per heavy atom. The number of hydrogen-bond donors (Lipinski definition) is 1. The number of nitrogens with one attached hydrogen (secondary N) is 1. The van der Waals surface area contributed by atoms with Crippen molar-refractivity contribution < 1.29 is 0 Å². The SMILES string of the molecule is CCN(CCCN(C)C)C1CCNC1. The zero-order chi connectivity index (χ0) is 10.4. The molecular weight excluding hydrogens is 174 g/mol. The molecule has 1 unspecified atom stereocenters. The molecule has 1 aliphatic rings. The minimum atomic E-state index is 0.794. The molecule has 84 valence electrons. The molecule has 0 spiro atoms. The van der Waals surface area contributed by atoms with Gasteiger partial charge in [0, 0.05) is 12.6 Å². The van der Waals surface area contributed by atoms with Gasteiger partial charge in [0.15, 0.2) is 0 Å². The Hall–Kier alpha value is -0.120. The molecule has 1 heterocycles. The third-order valence-electron chi connectivity index (χ3n) is 3.01. The fourth-order valence-corrected chi connectivity index (χ4v) is 2.14. The highest BCUT2D eigenvalue weighted by Crippen LogP contribution is 2.08. The van der Waals surface area contributed by atoms with Crippen molar-refractivity contribution >= 4 is 0 Å². The van der Waals surface area contributed by atoms with Crippen molar-refractivity contribution in [3.8, 4) is 0 Å². The van der Waals surface area contributed by atoms with E-state index < -0.39 is 0 Å². The van der Waals surface area contributed by atoms with E-state index in [0.29, 0.717) is 0 Å². The molecule has 0 bridgehead atoms. The average molecular weight is 199 g/mol. The molecule has 14 heavy (non-hydrogen) atoms. The number of hydrogen-bond acceptors (Lipinski definition) is 3. The van der Waals surface area contributed by atoms with E-state index in [-0.39, 0.29) is 0 Å². The summed E-state index contributed by atoms with van der Waals surface area (Å²) >= 11 is 0. The molecule has 3 heteroatoms. The minimum absolute atomic E-state index is 0.794. The smallest absolute Gasteiger partial charge is 0.0232 e. The molecule has 0 aliphatic carbocycles. The second-order valence-corrected chi connectivity index (χ2v) is 4.43. The monoisotopic (exact) mass is 199 g/mol. The molecule has 0 amide bonds. The molecule has 1 fully saturated rings. The molecule has 1 atom stereocenters. The van der Waals surface area contributed by atoms with E-state index in [1.165, 1.54) is 45.6 Å². The highest BCUT2D eigenvalue weighted by atomic mass is 15.2. The van der Waals surface area contributed by atoms with Gasteiger partial charge in [0.25, 0.3) is 0 Å². The lowest BCUT2D eigenvalue weighted by Gasteiger charge is -2.27. The van der Waals surface area contributed by atoms with Gasteiger partial charge in [-0.25, -0.2) is 0 Å². The third-order valence-corrected chi connectivity index (χ3v) is 3.01. The first-order chi connectivity index (χ1) is 6.74. The molecular formula is C11H25N3. The van der Waals surface area contributed by atoms with Gasteiger partial charge in [0.2, 0.25) is 0 Å².